The number of carbonyl (C=O) groups is 1. The van der Waals surface area contributed by atoms with E-state index in [1.54, 1.807) is 48.5 Å². The van der Waals surface area contributed by atoms with Gasteiger partial charge in [0, 0.05) is 38.9 Å². The molecule has 0 unspecified atom stereocenters. The number of likely N-dealkylation sites (tertiary alicyclic amines) is 1. The number of nitrogens with zero attached hydrogens (tertiary/aromatic N) is 3. The Labute approximate surface area is 176 Å². The zero-order chi connectivity index (χ0) is 21.6. The van der Waals surface area contributed by atoms with Gasteiger partial charge in [-0.1, -0.05) is 12.1 Å². The van der Waals surface area contributed by atoms with E-state index in [-0.39, 0.29) is 5.56 Å². The van der Waals surface area contributed by atoms with Crippen molar-refractivity contribution < 1.29 is 19.7 Å². The molecular formula is C23H27N3O4. The SMILES string of the molecule is [C-]#[N+]c1ccc(OCCN2CCC(O)(CN(C)c3ccc(C(=O)O)cc3)CC2)cc1. The van der Waals surface area contributed by atoms with Crippen LogP contribution in [0.4, 0.5) is 11.4 Å². The molecule has 0 aromatic heterocycles. The van der Waals surface area contributed by atoms with Gasteiger partial charge in [-0.2, -0.15) is 0 Å². The molecule has 0 saturated carbocycles. The Morgan fingerprint density at radius 1 is 1.17 bits per heavy atom. The number of benzene rings is 2. The first-order valence-corrected chi connectivity index (χ1v) is 9.98. The summed E-state index contributed by atoms with van der Waals surface area (Å²) in [5, 5.41) is 20.0. The first-order valence-electron chi connectivity index (χ1n) is 9.98. The number of hydrogen-bond donors (Lipinski definition) is 2. The maximum Gasteiger partial charge on any atom is 0.335 e. The van der Waals surface area contributed by atoms with Crippen LogP contribution in [-0.2, 0) is 0 Å². The molecule has 7 heteroatoms. The summed E-state index contributed by atoms with van der Waals surface area (Å²) in [6.45, 7) is 10.4. The van der Waals surface area contributed by atoms with Crippen molar-refractivity contribution in [1.29, 1.82) is 0 Å². The lowest BCUT2D eigenvalue weighted by Crippen LogP contribution is -2.51. The highest BCUT2D eigenvalue weighted by Crippen LogP contribution is 2.26. The van der Waals surface area contributed by atoms with E-state index in [2.05, 4.69) is 9.74 Å². The summed E-state index contributed by atoms with van der Waals surface area (Å²) in [5.74, 6) is -0.189. The Kier molecular flexibility index (Phi) is 6.93. The van der Waals surface area contributed by atoms with Gasteiger partial charge in [-0.25, -0.2) is 9.64 Å². The number of carboxylic acid groups (broad SMARTS) is 1. The molecule has 7 nitrogen and oxygen atoms in total. The lowest BCUT2D eigenvalue weighted by molar-refractivity contribution is -0.0162. The summed E-state index contributed by atoms with van der Waals surface area (Å²) >= 11 is 0. The summed E-state index contributed by atoms with van der Waals surface area (Å²) in [6, 6.07) is 13.8. The highest BCUT2D eigenvalue weighted by molar-refractivity contribution is 5.88. The molecule has 2 aromatic carbocycles. The van der Waals surface area contributed by atoms with Crippen LogP contribution in [0.2, 0.25) is 0 Å². The molecular weight excluding hydrogens is 382 g/mol. The normalized spacial score (nSPS) is 15.9. The van der Waals surface area contributed by atoms with Crippen molar-refractivity contribution in [3.63, 3.8) is 0 Å². The molecule has 0 aliphatic carbocycles. The van der Waals surface area contributed by atoms with Crippen molar-refractivity contribution in [2.45, 2.75) is 18.4 Å². The van der Waals surface area contributed by atoms with Crippen molar-refractivity contribution in [3.8, 4) is 5.75 Å². The third-order valence-electron chi connectivity index (χ3n) is 5.52. The summed E-state index contributed by atoms with van der Waals surface area (Å²) in [6.07, 6.45) is 1.34. The van der Waals surface area contributed by atoms with E-state index in [9.17, 15) is 9.90 Å². The number of piperidine rings is 1. The summed E-state index contributed by atoms with van der Waals surface area (Å²) in [7, 11) is 1.91. The molecule has 1 fully saturated rings. The molecule has 1 heterocycles. The van der Waals surface area contributed by atoms with Crippen molar-refractivity contribution in [1.82, 2.24) is 4.90 Å². The van der Waals surface area contributed by atoms with Gasteiger partial charge in [-0.15, -0.1) is 0 Å². The number of carboxylic acids is 1. The minimum absolute atomic E-state index is 0.253. The fourth-order valence-corrected chi connectivity index (χ4v) is 3.65. The van der Waals surface area contributed by atoms with E-state index in [0.717, 1.165) is 31.1 Å². The van der Waals surface area contributed by atoms with Crippen LogP contribution in [0.5, 0.6) is 5.75 Å². The minimum atomic E-state index is -0.945. The highest BCUT2D eigenvalue weighted by atomic mass is 16.5. The number of rotatable bonds is 8. The van der Waals surface area contributed by atoms with Crippen molar-refractivity contribution in [3.05, 3.63) is 65.5 Å². The topological polar surface area (TPSA) is 77.6 Å². The first kappa shape index (κ1) is 21.6. The quantitative estimate of drug-likeness (QED) is 0.652. The van der Waals surface area contributed by atoms with Crippen LogP contribution in [-0.4, -0.2) is 66.5 Å². The van der Waals surface area contributed by atoms with Gasteiger partial charge in [-0.3, -0.25) is 4.90 Å². The molecule has 0 radical (unpaired) electrons. The Balaban J connectivity index is 1.43. The van der Waals surface area contributed by atoms with Crippen LogP contribution in [0.15, 0.2) is 48.5 Å². The molecule has 3 rings (SSSR count). The van der Waals surface area contributed by atoms with Crippen LogP contribution < -0.4 is 9.64 Å². The first-order chi connectivity index (χ1) is 14.4. The van der Waals surface area contributed by atoms with Gasteiger partial charge in [0.25, 0.3) is 0 Å². The highest BCUT2D eigenvalue weighted by Gasteiger charge is 2.33. The summed E-state index contributed by atoms with van der Waals surface area (Å²) in [4.78, 5) is 18.6. The maximum atomic E-state index is 11.0. The number of aromatic carboxylic acids is 1. The summed E-state index contributed by atoms with van der Waals surface area (Å²) < 4.78 is 5.75. The van der Waals surface area contributed by atoms with Crippen molar-refractivity contribution >= 4 is 17.3 Å². The molecule has 1 aliphatic heterocycles. The lowest BCUT2D eigenvalue weighted by Gasteiger charge is -2.40. The second kappa shape index (κ2) is 9.61. The third-order valence-corrected chi connectivity index (χ3v) is 5.52. The molecule has 0 atom stereocenters. The van der Waals surface area contributed by atoms with Gasteiger partial charge >= 0.3 is 5.97 Å². The summed E-state index contributed by atoms with van der Waals surface area (Å²) in [5.41, 5.74) is 0.963. The number of likely N-dealkylation sites (N-methyl/N-ethyl adjacent to an activating group) is 1. The van der Waals surface area contributed by atoms with Gasteiger partial charge in [0.05, 0.1) is 17.7 Å². The molecule has 1 saturated heterocycles. The van der Waals surface area contributed by atoms with Crippen LogP contribution in [0.3, 0.4) is 0 Å². The Bertz CT molecular complexity index is 882. The van der Waals surface area contributed by atoms with Gasteiger partial charge < -0.3 is 19.8 Å². The molecule has 0 spiro atoms. The Morgan fingerprint density at radius 2 is 1.80 bits per heavy atom. The molecule has 158 valence electrons. The van der Waals surface area contributed by atoms with Crippen molar-refractivity contribution in [2.75, 3.05) is 44.7 Å². The van der Waals surface area contributed by atoms with E-state index in [0.29, 0.717) is 31.7 Å². The van der Waals surface area contributed by atoms with Gasteiger partial charge in [0.15, 0.2) is 5.69 Å². The van der Waals surface area contributed by atoms with E-state index >= 15 is 0 Å². The third kappa shape index (κ3) is 5.72. The largest absolute Gasteiger partial charge is 0.492 e. The monoisotopic (exact) mass is 409 g/mol. The molecule has 2 aromatic rings. The zero-order valence-electron chi connectivity index (χ0n) is 17.1. The van der Waals surface area contributed by atoms with Crippen LogP contribution in [0.25, 0.3) is 4.85 Å². The predicted molar refractivity (Wildman–Crippen MR) is 115 cm³/mol. The van der Waals surface area contributed by atoms with E-state index in [1.165, 1.54) is 0 Å². The fraction of sp³-hybridized carbons (Fsp3) is 0.391. The number of aliphatic hydroxyl groups is 1. The number of anilines is 1. The number of hydrogen-bond acceptors (Lipinski definition) is 5. The standard InChI is InChI=1S/C23H27N3O4/c1-24-19-5-9-21(10-6-19)30-16-15-26-13-11-23(29,12-14-26)17-25(2)20-7-3-18(4-8-20)22(27)28/h3-10,29H,11-17H2,2H3,(H,27,28). The molecule has 1 aliphatic rings. The van der Waals surface area contributed by atoms with Crippen LogP contribution in [0, 0.1) is 6.57 Å². The average Bonchev–Trinajstić information content (AvgIpc) is 2.75. The van der Waals surface area contributed by atoms with E-state index < -0.39 is 11.6 Å². The van der Waals surface area contributed by atoms with Gasteiger partial charge in [0.2, 0.25) is 0 Å². The fourth-order valence-electron chi connectivity index (χ4n) is 3.65. The smallest absolute Gasteiger partial charge is 0.335 e. The maximum absolute atomic E-state index is 11.0. The van der Waals surface area contributed by atoms with Gasteiger partial charge in [-0.05, 0) is 49.2 Å². The molecule has 2 N–H and O–H groups in total. The van der Waals surface area contributed by atoms with Crippen LogP contribution >= 0.6 is 0 Å². The second-order valence-corrected chi connectivity index (χ2v) is 7.73. The average molecular weight is 409 g/mol. The van der Waals surface area contributed by atoms with E-state index in [1.807, 2.05) is 11.9 Å². The second-order valence-electron chi connectivity index (χ2n) is 7.73. The van der Waals surface area contributed by atoms with Gasteiger partial charge in [0.1, 0.15) is 12.4 Å². The molecule has 0 bridgehead atoms. The lowest BCUT2D eigenvalue weighted by atomic mass is 9.90. The zero-order valence-corrected chi connectivity index (χ0v) is 17.1. The number of ether oxygens (including phenoxy) is 1. The molecule has 30 heavy (non-hydrogen) atoms. The molecule has 0 amide bonds. The van der Waals surface area contributed by atoms with E-state index in [4.69, 9.17) is 16.4 Å². The minimum Gasteiger partial charge on any atom is -0.492 e. The Morgan fingerprint density at radius 3 is 2.37 bits per heavy atom. The van der Waals surface area contributed by atoms with Crippen molar-refractivity contribution in [2.24, 2.45) is 0 Å². The Hall–Kier alpha value is -3.08. The van der Waals surface area contributed by atoms with Crippen LogP contribution in [0.1, 0.15) is 23.2 Å². The predicted octanol–water partition coefficient (Wildman–Crippen LogP) is 3.28.